The average molecular weight is 343 g/mol. The summed E-state index contributed by atoms with van der Waals surface area (Å²) in [5, 5.41) is 7.88. The standard InChI is InChI=1S/C18H21N3O2S/c1-4-15-9-16(23-21-15)10-19-17(22)13-6-5-7-14(8-13)18-20-11(2)12(3)24-18/h5-8,16H,4,9-10H2,1-3H3,(H,19,22)/t16-/m1/s1. The van der Waals surface area contributed by atoms with E-state index in [2.05, 4.69) is 29.3 Å². The Labute approximate surface area is 145 Å². The minimum absolute atomic E-state index is 0.0589. The molecule has 1 aliphatic heterocycles. The molecule has 3 rings (SSSR count). The fraction of sp³-hybridized carbons (Fsp3) is 0.389. The van der Waals surface area contributed by atoms with Crippen LogP contribution in [0.15, 0.2) is 29.4 Å². The molecule has 0 radical (unpaired) electrons. The Morgan fingerprint density at radius 1 is 1.42 bits per heavy atom. The Morgan fingerprint density at radius 2 is 2.25 bits per heavy atom. The van der Waals surface area contributed by atoms with E-state index in [4.69, 9.17) is 4.84 Å². The van der Waals surface area contributed by atoms with Crippen molar-refractivity contribution in [2.75, 3.05) is 6.54 Å². The molecule has 1 aromatic carbocycles. The van der Waals surface area contributed by atoms with E-state index >= 15 is 0 Å². The van der Waals surface area contributed by atoms with E-state index in [0.717, 1.165) is 34.8 Å². The summed E-state index contributed by atoms with van der Waals surface area (Å²) in [6, 6.07) is 7.57. The highest BCUT2D eigenvalue weighted by molar-refractivity contribution is 7.15. The molecule has 2 aromatic rings. The highest BCUT2D eigenvalue weighted by Crippen LogP contribution is 2.27. The first-order chi connectivity index (χ1) is 11.6. The third kappa shape index (κ3) is 3.64. The summed E-state index contributed by atoms with van der Waals surface area (Å²) in [7, 11) is 0. The topological polar surface area (TPSA) is 63.6 Å². The van der Waals surface area contributed by atoms with Crippen molar-refractivity contribution >= 4 is 23.0 Å². The van der Waals surface area contributed by atoms with Crippen LogP contribution in [0.5, 0.6) is 0 Å². The van der Waals surface area contributed by atoms with Crippen LogP contribution in [0.2, 0.25) is 0 Å². The van der Waals surface area contributed by atoms with Crippen molar-refractivity contribution in [3.05, 3.63) is 40.4 Å². The molecule has 6 heteroatoms. The number of thiazole rings is 1. The van der Waals surface area contributed by atoms with E-state index < -0.39 is 0 Å². The van der Waals surface area contributed by atoms with Crippen molar-refractivity contribution < 1.29 is 9.63 Å². The zero-order valence-corrected chi connectivity index (χ0v) is 14.9. The SMILES string of the molecule is CCC1=NO[C@@H](CNC(=O)c2cccc(-c3nc(C)c(C)s3)c2)C1. The molecule has 0 bridgehead atoms. The summed E-state index contributed by atoms with van der Waals surface area (Å²) < 4.78 is 0. The highest BCUT2D eigenvalue weighted by atomic mass is 32.1. The summed E-state index contributed by atoms with van der Waals surface area (Å²) in [4.78, 5) is 23.5. The van der Waals surface area contributed by atoms with Gasteiger partial charge in [-0.2, -0.15) is 0 Å². The van der Waals surface area contributed by atoms with Gasteiger partial charge in [-0.3, -0.25) is 4.79 Å². The minimum Gasteiger partial charge on any atom is -0.390 e. The first-order valence-electron chi connectivity index (χ1n) is 8.11. The van der Waals surface area contributed by atoms with E-state index in [1.54, 1.807) is 11.3 Å². The van der Waals surface area contributed by atoms with E-state index in [1.807, 2.05) is 31.2 Å². The fourth-order valence-corrected chi connectivity index (χ4v) is 3.41. The molecule has 0 spiro atoms. The van der Waals surface area contributed by atoms with Gasteiger partial charge in [-0.25, -0.2) is 4.98 Å². The number of hydrogen-bond donors (Lipinski definition) is 1. The number of oxime groups is 1. The maximum atomic E-state index is 12.4. The number of hydrogen-bond acceptors (Lipinski definition) is 5. The average Bonchev–Trinajstić information content (AvgIpc) is 3.19. The fourth-order valence-electron chi connectivity index (χ4n) is 2.50. The van der Waals surface area contributed by atoms with Crippen LogP contribution in [0.25, 0.3) is 10.6 Å². The predicted octanol–water partition coefficient (Wildman–Crippen LogP) is 3.71. The molecular weight excluding hydrogens is 322 g/mol. The minimum atomic E-state index is -0.101. The number of aromatic nitrogens is 1. The number of amides is 1. The van der Waals surface area contributed by atoms with Gasteiger partial charge in [0.05, 0.1) is 18.0 Å². The zero-order chi connectivity index (χ0) is 17.1. The van der Waals surface area contributed by atoms with Crippen LogP contribution in [-0.2, 0) is 4.84 Å². The molecule has 1 aromatic heterocycles. The van der Waals surface area contributed by atoms with Gasteiger partial charge in [0.1, 0.15) is 11.1 Å². The quantitative estimate of drug-likeness (QED) is 0.900. The lowest BCUT2D eigenvalue weighted by atomic mass is 10.1. The molecule has 0 unspecified atom stereocenters. The number of aryl methyl sites for hydroxylation is 2. The normalized spacial score (nSPS) is 16.6. The van der Waals surface area contributed by atoms with Gasteiger partial charge in [0.2, 0.25) is 0 Å². The molecule has 1 aliphatic rings. The molecule has 5 nitrogen and oxygen atoms in total. The van der Waals surface area contributed by atoms with Crippen molar-refractivity contribution in [2.24, 2.45) is 5.16 Å². The molecule has 1 amide bonds. The van der Waals surface area contributed by atoms with Crippen molar-refractivity contribution in [3.8, 4) is 10.6 Å². The molecule has 0 fully saturated rings. The second-order valence-electron chi connectivity index (χ2n) is 5.89. The maximum Gasteiger partial charge on any atom is 0.251 e. The summed E-state index contributed by atoms with van der Waals surface area (Å²) in [5.41, 5.74) is 3.69. The Morgan fingerprint density at radius 3 is 2.92 bits per heavy atom. The van der Waals surface area contributed by atoms with Crippen LogP contribution < -0.4 is 5.32 Å². The van der Waals surface area contributed by atoms with E-state index in [0.29, 0.717) is 12.1 Å². The van der Waals surface area contributed by atoms with Crippen LogP contribution in [0.4, 0.5) is 0 Å². The van der Waals surface area contributed by atoms with Crippen molar-refractivity contribution in [1.29, 1.82) is 0 Å². The molecule has 1 atom stereocenters. The van der Waals surface area contributed by atoms with Gasteiger partial charge >= 0.3 is 0 Å². The summed E-state index contributed by atoms with van der Waals surface area (Å²) in [6.07, 6.45) is 1.62. The third-order valence-corrected chi connectivity index (χ3v) is 5.21. The van der Waals surface area contributed by atoms with Crippen LogP contribution in [-0.4, -0.2) is 29.3 Å². The summed E-state index contributed by atoms with van der Waals surface area (Å²) >= 11 is 1.65. The van der Waals surface area contributed by atoms with Crippen LogP contribution in [0.3, 0.4) is 0 Å². The maximum absolute atomic E-state index is 12.4. The highest BCUT2D eigenvalue weighted by Gasteiger charge is 2.20. The molecule has 24 heavy (non-hydrogen) atoms. The number of rotatable bonds is 5. The van der Waals surface area contributed by atoms with Gasteiger partial charge in [0.25, 0.3) is 5.91 Å². The number of nitrogens with zero attached hydrogens (tertiary/aromatic N) is 2. The largest absolute Gasteiger partial charge is 0.390 e. The summed E-state index contributed by atoms with van der Waals surface area (Å²) in [6.45, 7) is 6.57. The van der Waals surface area contributed by atoms with Crippen LogP contribution >= 0.6 is 11.3 Å². The second kappa shape index (κ2) is 7.13. The molecule has 1 N–H and O–H groups in total. The molecule has 0 aliphatic carbocycles. The lowest BCUT2D eigenvalue weighted by Crippen LogP contribution is -2.32. The number of nitrogens with one attached hydrogen (secondary N) is 1. The van der Waals surface area contributed by atoms with Gasteiger partial charge in [0.15, 0.2) is 0 Å². The van der Waals surface area contributed by atoms with Crippen molar-refractivity contribution in [3.63, 3.8) is 0 Å². The van der Waals surface area contributed by atoms with Crippen molar-refractivity contribution in [1.82, 2.24) is 10.3 Å². The Bertz CT molecular complexity index is 763. The van der Waals surface area contributed by atoms with Crippen LogP contribution in [0.1, 0.15) is 40.7 Å². The first-order valence-corrected chi connectivity index (χ1v) is 8.92. The Kier molecular flexibility index (Phi) is 4.94. The number of carbonyl (C=O) groups excluding carboxylic acids is 1. The van der Waals surface area contributed by atoms with E-state index in [-0.39, 0.29) is 12.0 Å². The smallest absolute Gasteiger partial charge is 0.251 e. The second-order valence-corrected chi connectivity index (χ2v) is 7.10. The first kappa shape index (κ1) is 16.6. The van der Waals surface area contributed by atoms with Gasteiger partial charge in [-0.05, 0) is 32.4 Å². The van der Waals surface area contributed by atoms with E-state index in [9.17, 15) is 4.79 Å². The van der Waals surface area contributed by atoms with Crippen LogP contribution in [0, 0.1) is 13.8 Å². The molecular formula is C18H21N3O2S. The van der Waals surface area contributed by atoms with Gasteiger partial charge in [0, 0.05) is 22.4 Å². The van der Waals surface area contributed by atoms with Gasteiger partial charge in [-0.1, -0.05) is 24.2 Å². The Balaban J connectivity index is 1.64. The van der Waals surface area contributed by atoms with Crippen molar-refractivity contribution in [2.45, 2.75) is 39.7 Å². The molecule has 2 heterocycles. The molecule has 0 saturated heterocycles. The lowest BCUT2D eigenvalue weighted by molar-refractivity contribution is 0.0753. The lowest BCUT2D eigenvalue weighted by Gasteiger charge is -2.10. The Hall–Kier alpha value is -2.21. The molecule has 0 saturated carbocycles. The third-order valence-electron chi connectivity index (χ3n) is 4.09. The predicted molar refractivity (Wildman–Crippen MR) is 96.6 cm³/mol. The van der Waals surface area contributed by atoms with E-state index in [1.165, 1.54) is 4.88 Å². The summed E-state index contributed by atoms with van der Waals surface area (Å²) in [5.74, 6) is -0.101. The monoisotopic (exact) mass is 343 g/mol. The molecule has 126 valence electrons. The number of benzene rings is 1. The van der Waals surface area contributed by atoms with Gasteiger partial charge in [-0.15, -0.1) is 11.3 Å². The number of carbonyl (C=O) groups is 1. The zero-order valence-electron chi connectivity index (χ0n) is 14.1. The van der Waals surface area contributed by atoms with Gasteiger partial charge < -0.3 is 10.2 Å².